The lowest BCUT2D eigenvalue weighted by Gasteiger charge is -2.35. The third-order valence-corrected chi connectivity index (χ3v) is 3.26. The summed E-state index contributed by atoms with van der Waals surface area (Å²) in [6.07, 6.45) is 2.33. The number of amides is 2. The smallest absolute Gasteiger partial charge is 0.315 e. The highest BCUT2D eigenvalue weighted by atomic mass is 16.2. The second kappa shape index (κ2) is 3.18. The van der Waals surface area contributed by atoms with Gasteiger partial charge in [-0.1, -0.05) is 0 Å². The molecule has 0 spiro atoms. The predicted molar refractivity (Wildman–Crippen MR) is 50.5 cm³/mol. The van der Waals surface area contributed by atoms with Gasteiger partial charge in [0.05, 0.1) is 5.54 Å². The molecule has 4 nitrogen and oxygen atoms in total. The van der Waals surface area contributed by atoms with Crippen LogP contribution in [0.2, 0.25) is 0 Å². The Morgan fingerprint density at radius 1 is 1.38 bits per heavy atom. The van der Waals surface area contributed by atoms with Crippen molar-refractivity contribution in [3.05, 3.63) is 0 Å². The minimum absolute atomic E-state index is 0.0129. The molecule has 13 heavy (non-hydrogen) atoms. The highest BCUT2D eigenvalue weighted by molar-refractivity contribution is 5.77. The molecule has 0 aromatic heterocycles. The summed E-state index contributed by atoms with van der Waals surface area (Å²) in [4.78, 5) is 11.1. The summed E-state index contributed by atoms with van der Waals surface area (Å²) in [5, 5.41) is 9.19. The Balaban J connectivity index is 2.01. The molecule has 3 N–H and O–H groups in total. The predicted octanol–water partition coefficient (Wildman–Crippen LogP) is 0.0575. The molecule has 2 fully saturated rings. The molecule has 2 heterocycles. The van der Waals surface area contributed by atoms with E-state index >= 15 is 0 Å². The Labute approximate surface area is 78.5 Å². The van der Waals surface area contributed by atoms with Crippen LogP contribution in [0.4, 0.5) is 4.79 Å². The Morgan fingerprint density at radius 2 is 2.08 bits per heavy atom. The molecule has 1 atom stereocenters. The third kappa shape index (κ3) is 1.63. The molecule has 0 bridgehead atoms. The van der Waals surface area contributed by atoms with Gasteiger partial charge in [0.25, 0.3) is 0 Å². The van der Waals surface area contributed by atoms with E-state index < -0.39 is 0 Å². The normalized spacial score (nSPS) is 35.6. The van der Waals surface area contributed by atoms with Crippen molar-refractivity contribution in [1.29, 1.82) is 0 Å². The number of carbonyl (C=O) groups is 1. The molecule has 2 rings (SSSR count). The van der Waals surface area contributed by atoms with E-state index in [0.717, 1.165) is 19.6 Å². The number of rotatable bonds is 1. The number of urea groups is 1. The second-order valence-electron chi connectivity index (χ2n) is 4.25. The molecule has 2 saturated heterocycles. The maximum atomic E-state index is 11.1. The highest BCUT2D eigenvalue weighted by Gasteiger charge is 2.40. The van der Waals surface area contributed by atoms with E-state index in [9.17, 15) is 4.79 Å². The van der Waals surface area contributed by atoms with E-state index in [1.165, 1.54) is 12.8 Å². The van der Waals surface area contributed by atoms with E-state index in [1.54, 1.807) is 0 Å². The molecule has 0 radical (unpaired) electrons. The molecule has 0 aromatic rings. The lowest BCUT2D eigenvalue weighted by Crippen LogP contribution is -2.50. The van der Waals surface area contributed by atoms with Crippen LogP contribution < -0.4 is 16.0 Å². The summed E-state index contributed by atoms with van der Waals surface area (Å²) >= 11 is 0. The third-order valence-electron chi connectivity index (χ3n) is 3.26. The molecule has 1 unspecified atom stereocenters. The van der Waals surface area contributed by atoms with E-state index in [1.807, 2.05) is 0 Å². The Hall–Kier alpha value is -0.770. The van der Waals surface area contributed by atoms with Crippen LogP contribution in [-0.4, -0.2) is 31.2 Å². The minimum atomic E-state index is -0.0147. The lowest BCUT2D eigenvalue weighted by atomic mass is 9.80. The highest BCUT2D eigenvalue weighted by Crippen LogP contribution is 2.27. The van der Waals surface area contributed by atoms with Crippen molar-refractivity contribution in [2.24, 2.45) is 5.92 Å². The molecule has 2 aliphatic rings. The quantitative estimate of drug-likeness (QED) is 0.538. The van der Waals surface area contributed by atoms with Crippen LogP contribution in [-0.2, 0) is 0 Å². The lowest BCUT2D eigenvalue weighted by molar-refractivity contribution is 0.212. The van der Waals surface area contributed by atoms with Gasteiger partial charge in [0.1, 0.15) is 0 Å². The van der Waals surface area contributed by atoms with Gasteiger partial charge in [0.2, 0.25) is 0 Å². The molecular formula is C9H17N3O. The molecule has 0 aliphatic carbocycles. The van der Waals surface area contributed by atoms with Crippen molar-refractivity contribution in [3.8, 4) is 0 Å². The summed E-state index contributed by atoms with van der Waals surface area (Å²) in [5.74, 6) is 0.618. The Bertz CT molecular complexity index is 213. The van der Waals surface area contributed by atoms with Gasteiger partial charge in [-0.3, -0.25) is 0 Å². The summed E-state index contributed by atoms with van der Waals surface area (Å²) in [6.45, 7) is 5.07. The fourth-order valence-corrected chi connectivity index (χ4v) is 2.32. The molecule has 4 heteroatoms. The molecule has 0 aromatic carbocycles. The van der Waals surface area contributed by atoms with Gasteiger partial charge in [0, 0.05) is 6.54 Å². The first-order chi connectivity index (χ1) is 6.21. The fourth-order valence-electron chi connectivity index (χ4n) is 2.32. The van der Waals surface area contributed by atoms with Crippen molar-refractivity contribution < 1.29 is 4.79 Å². The van der Waals surface area contributed by atoms with E-state index in [0.29, 0.717) is 5.92 Å². The summed E-state index contributed by atoms with van der Waals surface area (Å²) in [7, 11) is 0. The number of hydrogen-bond acceptors (Lipinski definition) is 2. The van der Waals surface area contributed by atoms with Gasteiger partial charge in [0.15, 0.2) is 0 Å². The topological polar surface area (TPSA) is 53.2 Å². The Morgan fingerprint density at radius 3 is 2.62 bits per heavy atom. The van der Waals surface area contributed by atoms with Crippen molar-refractivity contribution >= 4 is 6.03 Å². The number of carbonyl (C=O) groups excluding carboxylic acids is 1. The van der Waals surface area contributed by atoms with Crippen molar-refractivity contribution in [2.45, 2.75) is 25.3 Å². The minimum Gasteiger partial charge on any atom is -0.336 e. The standard InChI is InChI=1S/C9H17N3O/c1-9(6-11-8(13)12-9)7-2-4-10-5-3-7/h7,10H,2-6H2,1H3,(H2,11,12,13). The number of piperidine rings is 1. The largest absolute Gasteiger partial charge is 0.336 e. The number of hydrogen-bond donors (Lipinski definition) is 3. The SMILES string of the molecule is CC1(C2CCNCC2)CNC(=O)N1. The van der Waals surface area contributed by atoms with Gasteiger partial charge in [-0.25, -0.2) is 4.79 Å². The second-order valence-corrected chi connectivity index (χ2v) is 4.25. The maximum Gasteiger partial charge on any atom is 0.315 e. The first-order valence-electron chi connectivity index (χ1n) is 4.97. The van der Waals surface area contributed by atoms with E-state index in [4.69, 9.17) is 0 Å². The van der Waals surface area contributed by atoms with Gasteiger partial charge in [-0.2, -0.15) is 0 Å². The monoisotopic (exact) mass is 183 g/mol. The van der Waals surface area contributed by atoms with Crippen molar-refractivity contribution in [3.63, 3.8) is 0 Å². The van der Waals surface area contributed by atoms with Crippen molar-refractivity contribution in [2.75, 3.05) is 19.6 Å². The maximum absolute atomic E-state index is 11.1. The molecular weight excluding hydrogens is 166 g/mol. The van der Waals surface area contributed by atoms with Crippen LogP contribution in [0.25, 0.3) is 0 Å². The molecule has 0 saturated carbocycles. The van der Waals surface area contributed by atoms with Gasteiger partial charge in [-0.15, -0.1) is 0 Å². The zero-order valence-corrected chi connectivity index (χ0v) is 8.02. The van der Waals surface area contributed by atoms with Crippen LogP contribution in [0.15, 0.2) is 0 Å². The summed E-state index contributed by atoms with van der Waals surface area (Å²) < 4.78 is 0. The first-order valence-corrected chi connectivity index (χ1v) is 4.97. The van der Waals surface area contributed by atoms with Crippen molar-refractivity contribution in [1.82, 2.24) is 16.0 Å². The average Bonchev–Trinajstić information content (AvgIpc) is 2.49. The first kappa shape index (κ1) is 8.81. The average molecular weight is 183 g/mol. The number of nitrogens with one attached hydrogen (secondary N) is 3. The van der Waals surface area contributed by atoms with Gasteiger partial charge in [-0.05, 0) is 38.8 Å². The fraction of sp³-hybridized carbons (Fsp3) is 0.889. The van der Waals surface area contributed by atoms with Gasteiger partial charge >= 0.3 is 6.03 Å². The van der Waals surface area contributed by atoms with E-state index in [2.05, 4.69) is 22.9 Å². The molecule has 2 amide bonds. The van der Waals surface area contributed by atoms with Crippen LogP contribution in [0, 0.1) is 5.92 Å². The zero-order valence-electron chi connectivity index (χ0n) is 8.02. The zero-order chi connectivity index (χ0) is 9.31. The molecule has 2 aliphatic heterocycles. The molecule has 74 valence electrons. The van der Waals surface area contributed by atoms with Crippen LogP contribution in [0.3, 0.4) is 0 Å². The van der Waals surface area contributed by atoms with Crippen LogP contribution >= 0.6 is 0 Å². The summed E-state index contributed by atoms with van der Waals surface area (Å²) in [5.41, 5.74) is -0.0147. The van der Waals surface area contributed by atoms with Crippen LogP contribution in [0.1, 0.15) is 19.8 Å². The summed E-state index contributed by atoms with van der Waals surface area (Å²) in [6, 6.07) is -0.0129. The van der Waals surface area contributed by atoms with Crippen LogP contribution in [0.5, 0.6) is 0 Å². The van der Waals surface area contributed by atoms with E-state index in [-0.39, 0.29) is 11.6 Å². The Kier molecular flexibility index (Phi) is 2.15. The van der Waals surface area contributed by atoms with Gasteiger partial charge < -0.3 is 16.0 Å².